The third-order valence-corrected chi connectivity index (χ3v) is 3.32. The number of carbonyl (C=O) groups is 2. The van der Waals surface area contributed by atoms with Crippen molar-refractivity contribution >= 4 is 11.9 Å². The molecule has 6 nitrogen and oxygen atoms in total. The number of unbranched alkanes of at least 4 members (excludes halogenated alkanes) is 1. The maximum Gasteiger partial charge on any atom is 0.326 e. The van der Waals surface area contributed by atoms with Gasteiger partial charge in [-0.25, -0.2) is 9.48 Å². The van der Waals surface area contributed by atoms with Gasteiger partial charge in [0.25, 0.3) is 5.91 Å². The van der Waals surface area contributed by atoms with Gasteiger partial charge in [-0.15, -0.1) is 0 Å². The zero-order valence-electron chi connectivity index (χ0n) is 12.4. The molecule has 116 valence electrons. The summed E-state index contributed by atoms with van der Waals surface area (Å²) in [6.45, 7) is 1.98. The molecule has 0 radical (unpaired) electrons. The van der Waals surface area contributed by atoms with Crippen molar-refractivity contribution in [1.29, 1.82) is 0 Å². The van der Waals surface area contributed by atoms with E-state index in [4.69, 9.17) is 5.11 Å². The van der Waals surface area contributed by atoms with Crippen molar-refractivity contribution in [1.82, 2.24) is 15.1 Å². The summed E-state index contributed by atoms with van der Waals surface area (Å²) in [6.07, 6.45) is 5.07. The Morgan fingerprint density at radius 1 is 1.32 bits per heavy atom. The van der Waals surface area contributed by atoms with Crippen LogP contribution in [0.5, 0.6) is 0 Å². The molecule has 2 aromatic rings. The molecule has 2 rings (SSSR count). The smallest absolute Gasteiger partial charge is 0.326 e. The van der Waals surface area contributed by atoms with Crippen LogP contribution in [0.1, 0.15) is 36.5 Å². The molecule has 0 fully saturated rings. The van der Waals surface area contributed by atoms with Gasteiger partial charge < -0.3 is 10.4 Å². The third-order valence-electron chi connectivity index (χ3n) is 3.32. The monoisotopic (exact) mass is 301 g/mol. The topological polar surface area (TPSA) is 84.2 Å². The average molecular weight is 301 g/mol. The number of aliphatic carboxylic acids is 1. The van der Waals surface area contributed by atoms with Crippen molar-refractivity contribution < 1.29 is 14.7 Å². The normalized spacial score (nSPS) is 11.9. The lowest BCUT2D eigenvalue weighted by Gasteiger charge is -2.13. The number of rotatable bonds is 7. The Morgan fingerprint density at radius 2 is 2.05 bits per heavy atom. The molecule has 1 atom stereocenters. The molecular formula is C16H19N3O3. The molecule has 0 saturated carbocycles. The van der Waals surface area contributed by atoms with Crippen molar-refractivity contribution in [2.75, 3.05) is 0 Å². The van der Waals surface area contributed by atoms with Crippen LogP contribution in [0.2, 0.25) is 0 Å². The minimum absolute atomic E-state index is 0.339. The second kappa shape index (κ2) is 7.40. The first-order valence-corrected chi connectivity index (χ1v) is 7.25. The van der Waals surface area contributed by atoms with Gasteiger partial charge >= 0.3 is 5.97 Å². The number of para-hydroxylation sites is 1. The van der Waals surface area contributed by atoms with Crippen LogP contribution in [-0.2, 0) is 4.79 Å². The minimum atomic E-state index is -1.02. The van der Waals surface area contributed by atoms with Crippen molar-refractivity contribution in [2.24, 2.45) is 0 Å². The Labute approximate surface area is 128 Å². The minimum Gasteiger partial charge on any atom is -0.480 e. The van der Waals surface area contributed by atoms with Crippen molar-refractivity contribution in [3.63, 3.8) is 0 Å². The van der Waals surface area contributed by atoms with E-state index in [1.807, 2.05) is 37.3 Å². The summed E-state index contributed by atoms with van der Waals surface area (Å²) < 4.78 is 1.58. The molecule has 1 heterocycles. The quantitative estimate of drug-likeness (QED) is 0.821. The highest BCUT2D eigenvalue weighted by atomic mass is 16.4. The third kappa shape index (κ3) is 3.94. The summed E-state index contributed by atoms with van der Waals surface area (Å²) >= 11 is 0. The number of carboxylic acid groups (broad SMARTS) is 1. The summed E-state index contributed by atoms with van der Waals surface area (Å²) in [4.78, 5) is 23.3. The lowest BCUT2D eigenvalue weighted by atomic mass is 10.1. The molecule has 1 unspecified atom stereocenters. The lowest BCUT2D eigenvalue weighted by Crippen LogP contribution is -2.40. The second-order valence-corrected chi connectivity index (χ2v) is 5.02. The molecule has 0 aliphatic carbocycles. The van der Waals surface area contributed by atoms with Crippen molar-refractivity contribution in [3.05, 3.63) is 48.3 Å². The summed E-state index contributed by atoms with van der Waals surface area (Å²) in [7, 11) is 0. The van der Waals surface area contributed by atoms with E-state index in [0.717, 1.165) is 18.5 Å². The first-order chi connectivity index (χ1) is 10.6. The fraction of sp³-hybridized carbons (Fsp3) is 0.312. The van der Waals surface area contributed by atoms with Crippen LogP contribution in [-0.4, -0.2) is 32.8 Å². The Bertz CT molecular complexity index is 637. The van der Waals surface area contributed by atoms with E-state index in [2.05, 4.69) is 10.4 Å². The average Bonchev–Trinajstić information content (AvgIpc) is 3.02. The lowest BCUT2D eigenvalue weighted by molar-refractivity contribution is -0.139. The Balaban J connectivity index is 2.06. The predicted molar refractivity (Wildman–Crippen MR) is 82.0 cm³/mol. The van der Waals surface area contributed by atoms with Crippen LogP contribution in [0.4, 0.5) is 0 Å². The largest absolute Gasteiger partial charge is 0.480 e. The van der Waals surface area contributed by atoms with Crippen LogP contribution in [0.25, 0.3) is 5.69 Å². The number of benzene rings is 1. The molecule has 1 amide bonds. The van der Waals surface area contributed by atoms with Crippen LogP contribution in [0.15, 0.2) is 42.7 Å². The highest BCUT2D eigenvalue weighted by molar-refractivity contribution is 5.96. The van der Waals surface area contributed by atoms with Gasteiger partial charge in [0.1, 0.15) is 6.04 Å². The Kier molecular flexibility index (Phi) is 5.30. The van der Waals surface area contributed by atoms with Gasteiger partial charge in [0.05, 0.1) is 17.4 Å². The number of carbonyl (C=O) groups excluding carboxylic acids is 1. The molecule has 0 bridgehead atoms. The summed E-state index contributed by atoms with van der Waals surface area (Å²) in [6, 6.07) is 8.52. The number of nitrogens with one attached hydrogen (secondary N) is 1. The van der Waals surface area contributed by atoms with Crippen molar-refractivity contribution in [2.45, 2.75) is 32.2 Å². The van der Waals surface area contributed by atoms with Crippen LogP contribution < -0.4 is 5.32 Å². The highest BCUT2D eigenvalue weighted by Gasteiger charge is 2.20. The maximum atomic E-state index is 12.1. The number of nitrogens with zero attached hydrogens (tertiary/aromatic N) is 2. The second-order valence-electron chi connectivity index (χ2n) is 5.02. The van der Waals surface area contributed by atoms with E-state index in [9.17, 15) is 9.59 Å². The molecule has 22 heavy (non-hydrogen) atoms. The zero-order valence-corrected chi connectivity index (χ0v) is 12.4. The maximum absolute atomic E-state index is 12.1. The van der Waals surface area contributed by atoms with Gasteiger partial charge in [-0.05, 0) is 18.6 Å². The number of carboxylic acids is 1. The number of hydrogen-bond donors (Lipinski definition) is 2. The molecule has 0 aliphatic rings. The van der Waals surface area contributed by atoms with Gasteiger partial charge in [-0.2, -0.15) is 5.10 Å². The molecule has 2 N–H and O–H groups in total. The Morgan fingerprint density at radius 3 is 2.68 bits per heavy atom. The van der Waals surface area contributed by atoms with Gasteiger partial charge in [-0.3, -0.25) is 4.79 Å². The molecule has 0 spiro atoms. The summed E-state index contributed by atoms with van der Waals surface area (Å²) in [5, 5.41) is 15.8. The molecule has 6 heteroatoms. The molecular weight excluding hydrogens is 282 g/mol. The van der Waals surface area contributed by atoms with Crippen LogP contribution >= 0.6 is 0 Å². The molecule has 1 aromatic heterocycles. The number of aromatic nitrogens is 2. The fourth-order valence-corrected chi connectivity index (χ4v) is 2.07. The van der Waals surface area contributed by atoms with Crippen LogP contribution in [0.3, 0.4) is 0 Å². The number of hydrogen-bond acceptors (Lipinski definition) is 3. The Hall–Kier alpha value is -2.63. The standard InChI is InChI=1S/C16H19N3O3/c1-2-3-9-14(16(21)22)18-15(20)12-10-17-19(11-12)13-7-5-4-6-8-13/h4-8,10-11,14H,2-3,9H2,1H3,(H,18,20)(H,21,22). The fourth-order valence-electron chi connectivity index (χ4n) is 2.07. The molecule has 0 saturated heterocycles. The van der Waals surface area contributed by atoms with E-state index >= 15 is 0 Å². The summed E-state index contributed by atoms with van der Waals surface area (Å²) in [5.41, 5.74) is 1.17. The molecule has 0 aliphatic heterocycles. The SMILES string of the molecule is CCCCC(NC(=O)c1cnn(-c2ccccc2)c1)C(=O)O. The van der Waals surface area contributed by atoms with Gasteiger partial charge in [0, 0.05) is 6.20 Å². The van der Waals surface area contributed by atoms with Crippen LogP contribution in [0, 0.1) is 0 Å². The summed E-state index contributed by atoms with van der Waals surface area (Å²) in [5.74, 6) is -1.44. The van der Waals surface area contributed by atoms with E-state index in [1.54, 1.807) is 10.9 Å². The van der Waals surface area contributed by atoms with E-state index in [0.29, 0.717) is 12.0 Å². The first-order valence-electron chi connectivity index (χ1n) is 7.25. The van der Waals surface area contributed by atoms with Crippen molar-refractivity contribution in [3.8, 4) is 5.69 Å². The zero-order chi connectivity index (χ0) is 15.9. The van der Waals surface area contributed by atoms with E-state index in [-0.39, 0.29) is 0 Å². The van der Waals surface area contributed by atoms with E-state index in [1.165, 1.54) is 6.20 Å². The first kappa shape index (κ1) is 15.8. The molecule has 1 aromatic carbocycles. The van der Waals surface area contributed by atoms with Gasteiger partial charge in [0.2, 0.25) is 0 Å². The van der Waals surface area contributed by atoms with Gasteiger partial charge in [-0.1, -0.05) is 38.0 Å². The predicted octanol–water partition coefficient (Wildman–Crippen LogP) is 2.25. The highest BCUT2D eigenvalue weighted by Crippen LogP contribution is 2.08. The van der Waals surface area contributed by atoms with Gasteiger partial charge in [0.15, 0.2) is 0 Å². The van der Waals surface area contributed by atoms with E-state index < -0.39 is 17.9 Å². The number of amides is 1.